The third kappa shape index (κ3) is 10.2. The van der Waals surface area contributed by atoms with Crippen LogP contribution in [0.2, 0.25) is 0 Å². The van der Waals surface area contributed by atoms with Crippen LogP contribution in [0.25, 0.3) is 0 Å². The van der Waals surface area contributed by atoms with Crippen molar-refractivity contribution in [2.24, 2.45) is 5.92 Å². The molecule has 2 fully saturated rings. The summed E-state index contributed by atoms with van der Waals surface area (Å²) in [6.45, 7) is 11.0. The van der Waals surface area contributed by atoms with E-state index in [0.717, 1.165) is 37.2 Å². The Morgan fingerprint density at radius 2 is 1.87 bits per heavy atom. The fourth-order valence-corrected chi connectivity index (χ4v) is 6.54. The van der Waals surface area contributed by atoms with E-state index in [1.807, 2.05) is 56.4 Å². The number of esters is 1. The number of aliphatic hydroxyl groups excluding tert-OH is 1. The van der Waals surface area contributed by atoms with Gasteiger partial charge in [0.1, 0.15) is 11.7 Å². The molecule has 2 saturated heterocycles. The fourth-order valence-electron chi connectivity index (χ4n) is 6.54. The molecule has 0 radical (unpaired) electrons. The zero-order valence-electron chi connectivity index (χ0n) is 27.5. The van der Waals surface area contributed by atoms with Crippen LogP contribution in [-0.4, -0.2) is 93.2 Å². The third-order valence-electron chi connectivity index (χ3n) is 9.54. The van der Waals surface area contributed by atoms with Crippen molar-refractivity contribution in [1.29, 1.82) is 0 Å². The number of piperidine rings is 2. The van der Waals surface area contributed by atoms with Gasteiger partial charge >= 0.3 is 12.1 Å². The maximum Gasteiger partial charge on any atom is 0.410 e. The number of nitrogens with zero attached hydrogens (tertiary/aromatic N) is 3. The molecule has 1 aromatic rings. The van der Waals surface area contributed by atoms with Crippen LogP contribution < -0.4 is 0 Å². The number of rotatable bonds is 6. The van der Waals surface area contributed by atoms with Gasteiger partial charge in [-0.3, -0.25) is 9.78 Å². The number of carbonyl (C=O) groups is 2. The monoisotopic (exact) mass is 623 g/mol. The molecule has 2 N–H and O–H groups in total. The summed E-state index contributed by atoms with van der Waals surface area (Å²) < 4.78 is 11.9. The number of pyridine rings is 1. The van der Waals surface area contributed by atoms with Crippen molar-refractivity contribution in [1.82, 2.24) is 14.8 Å². The zero-order chi connectivity index (χ0) is 32.4. The number of likely N-dealkylation sites (tertiary alicyclic amines) is 2. The molecule has 9 heteroatoms. The summed E-state index contributed by atoms with van der Waals surface area (Å²) in [5.41, 5.74) is 0.349. The lowest BCUT2D eigenvalue weighted by molar-refractivity contribution is -0.151. The number of cyclic esters (lactones) is 1. The minimum Gasteiger partial charge on any atom is -0.457 e. The highest BCUT2D eigenvalue weighted by Crippen LogP contribution is 2.28. The van der Waals surface area contributed by atoms with Crippen molar-refractivity contribution in [2.45, 2.75) is 115 Å². The van der Waals surface area contributed by atoms with Gasteiger partial charge < -0.3 is 29.5 Å². The van der Waals surface area contributed by atoms with Crippen molar-refractivity contribution in [2.75, 3.05) is 26.2 Å². The normalized spacial score (nSPS) is 31.5. The van der Waals surface area contributed by atoms with Gasteiger partial charge in [-0.25, -0.2) is 4.79 Å². The lowest BCUT2D eigenvalue weighted by Crippen LogP contribution is -2.50. The van der Waals surface area contributed by atoms with Crippen molar-refractivity contribution in [3.8, 4) is 0 Å². The molecule has 3 aliphatic rings. The summed E-state index contributed by atoms with van der Waals surface area (Å²) >= 11 is 0. The molecule has 1 amide bonds. The van der Waals surface area contributed by atoms with Gasteiger partial charge in [-0.2, -0.15) is 0 Å². The predicted molar refractivity (Wildman–Crippen MR) is 175 cm³/mol. The first-order valence-corrected chi connectivity index (χ1v) is 16.8. The summed E-state index contributed by atoms with van der Waals surface area (Å²) in [5, 5.41) is 22.1. The first-order valence-electron chi connectivity index (χ1n) is 16.8. The largest absolute Gasteiger partial charge is 0.457 e. The van der Waals surface area contributed by atoms with E-state index in [2.05, 4.69) is 16.8 Å². The van der Waals surface area contributed by atoms with Crippen LogP contribution >= 0.6 is 0 Å². The standard InChI is InChI=1S/C36H53N3O6/c1-26(31-13-6-7-20-37-31)11-10-12-27(2)34-28(3)14-15-32(36(4,43)19-16-30(40)25-33(41)45-34)44-35(42)39-23-17-29(18-24-39)38-21-8-5-9-22-38/h6-7,10-15,20,26,28-30,32,34,40,43H,5,8-9,16-19,21-25H2,1-4H3/b11-10+,15-14-,27-12+/t26-,28?,30?,32?,34?,36?/m1/s1. The molecule has 0 spiro atoms. The molecule has 0 aliphatic carbocycles. The minimum atomic E-state index is -1.44. The highest BCUT2D eigenvalue weighted by atomic mass is 16.6. The average molecular weight is 624 g/mol. The molecular weight excluding hydrogens is 570 g/mol. The van der Waals surface area contributed by atoms with Gasteiger partial charge in [0.25, 0.3) is 0 Å². The van der Waals surface area contributed by atoms with E-state index in [1.165, 1.54) is 19.3 Å². The molecule has 0 saturated carbocycles. The smallest absolute Gasteiger partial charge is 0.410 e. The van der Waals surface area contributed by atoms with Crippen LogP contribution in [0.1, 0.15) is 90.7 Å². The van der Waals surface area contributed by atoms with Crippen molar-refractivity contribution >= 4 is 12.1 Å². The second kappa shape index (κ2) is 16.5. The lowest BCUT2D eigenvalue weighted by atomic mass is 9.88. The van der Waals surface area contributed by atoms with Crippen LogP contribution in [0.3, 0.4) is 0 Å². The van der Waals surface area contributed by atoms with Gasteiger partial charge in [0.05, 0.1) is 12.5 Å². The number of allylic oxidation sites excluding steroid dienone is 3. The summed E-state index contributed by atoms with van der Waals surface area (Å²) in [7, 11) is 0. The molecule has 4 rings (SSSR count). The Kier molecular flexibility index (Phi) is 12.8. The highest BCUT2D eigenvalue weighted by molar-refractivity contribution is 5.70. The maximum absolute atomic E-state index is 13.4. The number of aliphatic hydroxyl groups is 2. The van der Waals surface area contributed by atoms with Gasteiger partial charge in [0, 0.05) is 42.9 Å². The molecular formula is C36H53N3O6. The highest BCUT2D eigenvalue weighted by Gasteiger charge is 2.37. The zero-order valence-corrected chi connectivity index (χ0v) is 27.5. The Bertz CT molecular complexity index is 1180. The molecule has 3 aliphatic heterocycles. The number of hydrogen-bond acceptors (Lipinski definition) is 8. The molecule has 248 valence electrons. The first-order chi connectivity index (χ1) is 21.5. The summed E-state index contributed by atoms with van der Waals surface area (Å²) in [4.78, 5) is 34.9. The third-order valence-corrected chi connectivity index (χ3v) is 9.54. The number of carbonyl (C=O) groups excluding carboxylic acids is 2. The van der Waals surface area contributed by atoms with Crippen molar-refractivity contribution < 1.29 is 29.3 Å². The molecule has 6 atom stereocenters. The maximum atomic E-state index is 13.4. The molecule has 1 aromatic heterocycles. The molecule has 0 aromatic carbocycles. The molecule has 0 bridgehead atoms. The predicted octanol–water partition coefficient (Wildman–Crippen LogP) is 5.54. The molecule has 5 unspecified atom stereocenters. The topological polar surface area (TPSA) is 112 Å². The second-order valence-electron chi connectivity index (χ2n) is 13.4. The average Bonchev–Trinajstić information content (AvgIpc) is 3.04. The summed E-state index contributed by atoms with van der Waals surface area (Å²) in [5.74, 6) is -0.682. The lowest BCUT2D eigenvalue weighted by Gasteiger charge is -2.40. The molecule has 9 nitrogen and oxygen atoms in total. The van der Waals surface area contributed by atoms with E-state index in [9.17, 15) is 19.8 Å². The van der Waals surface area contributed by atoms with E-state index in [4.69, 9.17) is 9.47 Å². The summed E-state index contributed by atoms with van der Waals surface area (Å²) in [6.07, 6.45) is 14.0. The van der Waals surface area contributed by atoms with E-state index in [-0.39, 0.29) is 31.1 Å². The number of ether oxygens (including phenoxy) is 2. The number of aromatic nitrogens is 1. The van der Waals surface area contributed by atoms with Crippen LogP contribution in [-0.2, 0) is 14.3 Å². The molecule has 4 heterocycles. The van der Waals surface area contributed by atoms with Crippen LogP contribution in [0, 0.1) is 5.92 Å². The van der Waals surface area contributed by atoms with Crippen LogP contribution in [0.15, 0.2) is 60.3 Å². The Hall–Kier alpha value is -3.01. The van der Waals surface area contributed by atoms with E-state index in [1.54, 1.807) is 24.1 Å². The SMILES string of the molecule is C/C(=C\C=C\[C@@H](C)c1ccccn1)C1OC(=O)CC(O)CCC(C)(O)C(OC(=O)N2CCC(N3CCCCC3)CC2)/C=C\C1C. The van der Waals surface area contributed by atoms with Gasteiger partial charge in [-0.15, -0.1) is 0 Å². The first kappa shape index (κ1) is 34.9. The van der Waals surface area contributed by atoms with Gasteiger partial charge in [0.15, 0.2) is 6.10 Å². The van der Waals surface area contributed by atoms with E-state index < -0.39 is 36.0 Å². The molecule has 45 heavy (non-hydrogen) atoms. The van der Waals surface area contributed by atoms with Crippen LogP contribution in [0.5, 0.6) is 0 Å². The van der Waals surface area contributed by atoms with Gasteiger partial charge in [-0.1, -0.05) is 50.6 Å². The summed E-state index contributed by atoms with van der Waals surface area (Å²) in [6, 6.07) is 6.33. The van der Waals surface area contributed by atoms with Crippen LogP contribution in [0.4, 0.5) is 4.79 Å². The number of hydrogen-bond donors (Lipinski definition) is 2. The Morgan fingerprint density at radius 3 is 2.56 bits per heavy atom. The van der Waals surface area contributed by atoms with Gasteiger partial charge in [0.2, 0.25) is 0 Å². The Balaban J connectivity index is 1.46. The minimum absolute atomic E-state index is 0.106. The quantitative estimate of drug-likeness (QED) is 0.241. The fraction of sp³-hybridized carbons (Fsp3) is 0.639. The Labute approximate surface area is 269 Å². The second-order valence-corrected chi connectivity index (χ2v) is 13.4. The van der Waals surface area contributed by atoms with Crippen molar-refractivity contribution in [3.05, 3.63) is 66.0 Å². The Morgan fingerprint density at radius 1 is 1.13 bits per heavy atom. The van der Waals surface area contributed by atoms with Gasteiger partial charge in [-0.05, 0) is 89.2 Å². The van der Waals surface area contributed by atoms with E-state index >= 15 is 0 Å². The van der Waals surface area contributed by atoms with E-state index in [0.29, 0.717) is 19.1 Å². The number of amides is 1. The van der Waals surface area contributed by atoms with Crippen molar-refractivity contribution in [3.63, 3.8) is 0 Å².